The summed E-state index contributed by atoms with van der Waals surface area (Å²) in [7, 11) is 0. The van der Waals surface area contributed by atoms with Gasteiger partial charge in [0.25, 0.3) is 0 Å². The molecule has 3 fully saturated rings. The highest BCUT2D eigenvalue weighted by atomic mass is 14.9. The first-order valence-corrected chi connectivity index (χ1v) is 12.0. The molecule has 2 atom stereocenters. The SMILES string of the molecule is C[C@H]1C2CCC(CC2)[C@@H]1Cc1cc(C#Cc2ccccc2)nc(-c2c[nH]c3ncncc23)n1. The van der Waals surface area contributed by atoms with Gasteiger partial charge in [-0.2, -0.15) is 0 Å². The average molecular weight is 434 g/mol. The summed E-state index contributed by atoms with van der Waals surface area (Å²) >= 11 is 0. The van der Waals surface area contributed by atoms with Gasteiger partial charge in [-0.1, -0.05) is 31.0 Å². The largest absolute Gasteiger partial charge is 0.345 e. The van der Waals surface area contributed by atoms with E-state index in [2.05, 4.69) is 39.8 Å². The van der Waals surface area contributed by atoms with Crippen molar-refractivity contribution >= 4 is 11.0 Å². The Morgan fingerprint density at radius 1 is 1.00 bits per heavy atom. The van der Waals surface area contributed by atoms with Crippen LogP contribution in [0.25, 0.3) is 22.4 Å². The number of hydrogen-bond donors (Lipinski definition) is 1. The Morgan fingerprint density at radius 2 is 1.82 bits per heavy atom. The van der Waals surface area contributed by atoms with Crippen LogP contribution in [0, 0.1) is 35.5 Å². The Kier molecular flexibility index (Phi) is 5.14. The van der Waals surface area contributed by atoms with Gasteiger partial charge in [-0.05, 0) is 79.9 Å². The van der Waals surface area contributed by atoms with Crippen molar-refractivity contribution in [2.45, 2.75) is 39.0 Å². The molecule has 0 unspecified atom stereocenters. The third kappa shape index (κ3) is 3.91. The van der Waals surface area contributed by atoms with Gasteiger partial charge in [0.2, 0.25) is 0 Å². The first-order chi connectivity index (χ1) is 16.2. The van der Waals surface area contributed by atoms with Crippen molar-refractivity contribution in [3.8, 4) is 23.2 Å². The van der Waals surface area contributed by atoms with E-state index in [9.17, 15) is 0 Å². The number of H-pyrrole nitrogens is 1. The minimum atomic E-state index is 0.694. The zero-order valence-electron chi connectivity index (χ0n) is 18.8. The molecular weight excluding hydrogens is 406 g/mol. The van der Waals surface area contributed by atoms with Crippen LogP contribution >= 0.6 is 0 Å². The van der Waals surface area contributed by atoms with Crippen LogP contribution in [0.3, 0.4) is 0 Å². The van der Waals surface area contributed by atoms with E-state index in [1.165, 1.54) is 25.7 Å². The molecule has 7 rings (SSSR count). The minimum absolute atomic E-state index is 0.694. The Bertz CT molecular complexity index is 1340. The maximum atomic E-state index is 5.04. The van der Waals surface area contributed by atoms with Crippen molar-refractivity contribution in [2.75, 3.05) is 0 Å². The quantitative estimate of drug-likeness (QED) is 0.438. The zero-order valence-corrected chi connectivity index (χ0v) is 18.8. The predicted molar refractivity (Wildman–Crippen MR) is 129 cm³/mol. The highest BCUT2D eigenvalue weighted by Crippen LogP contribution is 2.49. The van der Waals surface area contributed by atoms with Crippen LogP contribution in [-0.2, 0) is 6.42 Å². The van der Waals surface area contributed by atoms with Crippen molar-refractivity contribution < 1.29 is 0 Å². The van der Waals surface area contributed by atoms with Crippen LogP contribution in [-0.4, -0.2) is 24.9 Å². The highest BCUT2D eigenvalue weighted by molar-refractivity contribution is 5.90. The van der Waals surface area contributed by atoms with Gasteiger partial charge in [-0.25, -0.2) is 19.9 Å². The molecule has 4 aromatic rings. The molecule has 1 aromatic carbocycles. The second-order valence-electron chi connectivity index (χ2n) is 9.57. The Labute approximate surface area is 194 Å². The Balaban J connectivity index is 1.41. The summed E-state index contributed by atoms with van der Waals surface area (Å²) in [6.07, 6.45) is 11.9. The molecule has 164 valence electrons. The number of benzene rings is 1. The van der Waals surface area contributed by atoms with Gasteiger partial charge < -0.3 is 4.98 Å². The number of rotatable bonds is 3. The first-order valence-electron chi connectivity index (χ1n) is 12.0. The highest BCUT2D eigenvalue weighted by Gasteiger charge is 2.41. The lowest BCUT2D eigenvalue weighted by molar-refractivity contribution is 0.0339. The second kappa shape index (κ2) is 8.44. The summed E-state index contributed by atoms with van der Waals surface area (Å²) < 4.78 is 0. The van der Waals surface area contributed by atoms with Crippen molar-refractivity contribution in [3.63, 3.8) is 0 Å². The van der Waals surface area contributed by atoms with Gasteiger partial charge in [0, 0.05) is 34.6 Å². The smallest absolute Gasteiger partial charge is 0.163 e. The van der Waals surface area contributed by atoms with Crippen molar-refractivity contribution in [1.29, 1.82) is 0 Å². The molecule has 3 aliphatic carbocycles. The second-order valence-corrected chi connectivity index (χ2v) is 9.57. The molecule has 5 nitrogen and oxygen atoms in total. The topological polar surface area (TPSA) is 67.3 Å². The molecule has 3 aliphatic rings. The van der Waals surface area contributed by atoms with E-state index in [1.54, 1.807) is 6.33 Å². The molecular formula is C28H27N5. The standard InChI is InChI=1S/C28H27N5/c1-18-20-8-10-21(11-9-20)24(18)14-23-13-22(12-7-19-5-3-2-4-6-19)32-28(33-23)26-16-30-27-25(26)15-29-17-31-27/h2-6,13,15-18,20-21,24H,8-11,14H2,1H3,(H,29,30,31)/t18-,20?,21?,24+/m0/s1. The number of hydrogen-bond acceptors (Lipinski definition) is 4. The molecule has 3 heterocycles. The lowest BCUT2D eigenvalue weighted by atomic mass is 9.58. The molecule has 0 amide bonds. The van der Waals surface area contributed by atoms with E-state index in [-0.39, 0.29) is 0 Å². The van der Waals surface area contributed by atoms with Crippen LogP contribution in [0.1, 0.15) is 49.6 Å². The normalized spacial score (nSPS) is 23.9. The fourth-order valence-corrected chi connectivity index (χ4v) is 5.96. The van der Waals surface area contributed by atoms with Gasteiger partial charge in [-0.3, -0.25) is 0 Å². The van der Waals surface area contributed by atoms with E-state index < -0.39 is 0 Å². The van der Waals surface area contributed by atoms with Crippen LogP contribution in [0.15, 0.2) is 55.1 Å². The lowest BCUT2D eigenvalue weighted by Crippen LogP contribution is -2.39. The van der Waals surface area contributed by atoms with E-state index in [0.29, 0.717) is 11.7 Å². The van der Waals surface area contributed by atoms with Gasteiger partial charge in [0.1, 0.15) is 17.7 Å². The third-order valence-corrected chi connectivity index (χ3v) is 7.77. The average Bonchev–Trinajstić information content (AvgIpc) is 3.30. The van der Waals surface area contributed by atoms with E-state index in [4.69, 9.17) is 9.97 Å². The van der Waals surface area contributed by atoms with Crippen LogP contribution in [0.2, 0.25) is 0 Å². The van der Waals surface area contributed by atoms with Gasteiger partial charge in [-0.15, -0.1) is 0 Å². The maximum absolute atomic E-state index is 5.04. The lowest BCUT2D eigenvalue weighted by Gasteiger charge is -2.47. The number of aromatic amines is 1. The maximum Gasteiger partial charge on any atom is 0.163 e. The van der Waals surface area contributed by atoms with Gasteiger partial charge in [0.05, 0.1) is 0 Å². The number of aromatic nitrogens is 5. The van der Waals surface area contributed by atoms with E-state index in [0.717, 1.165) is 57.7 Å². The monoisotopic (exact) mass is 433 g/mol. The van der Waals surface area contributed by atoms with Crippen molar-refractivity contribution in [1.82, 2.24) is 24.9 Å². The van der Waals surface area contributed by atoms with Crippen LogP contribution in [0.4, 0.5) is 0 Å². The minimum Gasteiger partial charge on any atom is -0.345 e. The zero-order chi connectivity index (χ0) is 22.2. The van der Waals surface area contributed by atoms with Gasteiger partial charge in [0.15, 0.2) is 5.82 Å². The molecule has 1 N–H and O–H groups in total. The fourth-order valence-electron chi connectivity index (χ4n) is 5.96. The van der Waals surface area contributed by atoms with Crippen LogP contribution < -0.4 is 0 Å². The molecule has 2 bridgehead atoms. The molecule has 3 saturated carbocycles. The number of nitrogens with zero attached hydrogens (tertiary/aromatic N) is 4. The van der Waals surface area contributed by atoms with E-state index >= 15 is 0 Å². The van der Waals surface area contributed by atoms with Crippen LogP contribution in [0.5, 0.6) is 0 Å². The Hall–Kier alpha value is -3.52. The van der Waals surface area contributed by atoms with Crippen molar-refractivity contribution in [3.05, 3.63) is 72.1 Å². The Morgan fingerprint density at radius 3 is 2.64 bits per heavy atom. The summed E-state index contributed by atoms with van der Waals surface area (Å²) in [4.78, 5) is 21.6. The summed E-state index contributed by atoms with van der Waals surface area (Å²) in [5, 5.41) is 0.932. The molecule has 33 heavy (non-hydrogen) atoms. The molecule has 3 aromatic heterocycles. The molecule has 0 saturated heterocycles. The van der Waals surface area contributed by atoms with E-state index in [1.807, 2.05) is 42.7 Å². The summed E-state index contributed by atoms with van der Waals surface area (Å²) in [5.41, 5.74) is 4.56. The number of fused-ring (bicyclic) bond motifs is 4. The third-order valence-electron chi connectivity index (χ3n) is 7.77. The summed E-state index contributed by atoms with van der Waals surface area (Å²) in [6.45, 7) is 2.45. The number of nitrogens with one attached hydrogen (secondary N) is 1. The molecule has 5 heteroatoms. The summed E-state index contributed by atoms with van der Waals surface area (Å²) in [5.74, 6) is 10.4. The molecule has 0 radical (unpaired) electrons. The first kappa shape index (κ1) is 20.1. The van der Waals surface area contributed by atoms with Crippen molar-refractivity contribution in [2.24, 2.45) is 23.7 Å². The summed E-state index contributed by atoms with van der Waals surface area (Å²) in [6, 6.07) is 12.2. The predicted octanol–water partition coefficient (Wildman–Crippen LogP) is 5.43. The van der Waals surface area contributed by atoms with Gasteiger partial charge >= 0.3 is 0 Å². The molecule has 0 spiro atoms. The molecule has 0 aliphatic heterocycles. The fraction of sp³-hybridized carbons (Fsp3) is 0.357.